The van der Waals surface area contributed by atoms with E-state index in [2.05, 4.69) is 13.8 Å². The van der Waals surface area contributed by atoms with E-state index < -0.39 is 0 Å². The van der Waals surface area contributed by atoms with Gasteiger partial charge in [-0.25, -0.2) is 0 Å². The summed E-state index contributed by atoms with van der Waals surface area (Å²) in [4.78, 5) is 14.3. The van der Waals surface area contributed by atoms with Crippen LogP contribution in [0.4, 0.5) is 5.69 Å². The topological polar surface area (TPSA) is 46.3 Å². The van der Waals surface area contributed by atoms with Gasteiger partial charge in [-0.3, -0.25) is 4.79 Å². The normalized spacial score (nSPS) is 24.1. The number of benzene rings is 1. The molecule has 3 nitrogen and oxygen atoms in total. The SMILES string of the molecule is CC1CN(C(=O)c2cccc(Cl)c2N)CC(C)S1. The highest BCUT2D eigenvalue weighted by Gasteiger charge is 2.27. The Morgan fingerprint density at radius 3 is 2.61 bits per heavy atom. The number of hydrogen-bond acceptors (Lipinski definition) is 3. The predicted octanol–water partition coefficient (Wildman–Crippen LogP) is 2.89. The van der Waals surface area contributed by atoms with Gasteiger partial charge in [0.1, 0.15) is 0 Å². The fourth-order valence-electron chi connectivity index (χ4n) is 2.24. The summed E-state index contributed by atoms with van der Waals surface area (Å²) in [6.45, 7) is 5.81. The van der Waals surface area contributed by atoms with Crippen molar-refractivity contribution >= 4 is 35.0 Å². The van der Waals surface area contributed by atoms with Crippen molar-refractivity contribution in [2.45, 2.75) is 24.3 Å². The Bertz CT molecular complexity index is 456. The number of anilines is 1. The van der Waals surface area contributed by atoms with E-state index >= 15 is 0 Å². The van der Waals surface area contributed by atoms with Gasteiger partial charge in [-0.2, -0.15) is 11.8 Å². The molecule has 1 saturated heterocycles. The van der Waals surface area contributed by atoms with Crippen molar-refractivity contribution in [2.24, 2.45) is 0 Å². The van der Waals surface area contributed by atoms with Crippen LogP contribution in [0.15, 0.2) is 18.2 Å². The minimum Gasteiger partial charge on any atom is -0.397 e. The van der Waals surface area contributed by atoms with Gasteiger partial charge in [0, 0.05) is 23.6 Å². The number of para-hydroxylation sites is 1. The Morgan fingerprint density at radius 1 is 1.39 bits per heavy atom. The highest BCUT2D eigenvalue weighted by Crippen LogP contribution is 2.28. The molecule has 1 heterocycles. The molecule has 0 aliphatic carbocycles. The van der Waals surface area contributed by atoms with Gasteiger partial charge < -0.3 is 10.6 Å². The number of nitrogens with zero attached hydrogens (tertiary/aromatic N) is 1. The van der Waals surface area contributed by atoms with Crippen molar-refractivity contribution in [3.8, 4) is 0 Å². The molecule has 2 unspecified atom stereocenters. The number of thioether (sulfide) groups is 1. The maximum Gasteiger partial charge on any atom is 0.256 e. The fraction of sp³-hybridized carbons (Fsp3) is 0.462. The van der Waals surface area contributed by atoms with Crippen LogP contribution < -0.4 is 5.73 Å². The van der Waals surface area contributed by atoms with E-state index in [1.165, 1.54) is 0 Å². The Morgan fingerprint density at radius 2 is 2.00 bits per heavy atom. The van der Waals surface area contributed by atoms with Crippen molar-refractivity contribution in [3.05, 3.63) is 28.8 Å². The standard InChI is InChI=1S/C13H17ClN2OS/c1-8-6-16(7-9(2)18-8)13(17)10-4-3-5-11(14)12(10)15/h3-5,8-9H,6-7,15H2,1-2H3. The number of nitrogens with two attached hydrogens (primary N) is 1. The second-order valence-corrected chi connectivity index (χ2v) is 6.96. The smallest absolute Gasteiger partial charge is 0.256 e. The summed E-state index contributed by atoms with van der Waals surface area (Å²) in [7, 11) is 0. The maximum absolute atomic E-state index is 12.4. The number of carbonyl (C=O) groups excluding carboxylic acids is 1. The average molecular weight is 285 g/mol. The minimum absolute atomic E-state index is 0.0194. The lowest BCUT2D eigenvalue weighted by Gasteiger charge is -2.34. The number of amides is 1. The molecule has 0 spiro atoms. The number of halogens is 1. The fourth-order valence-corrected chi connectivity index (χ4v) is 3.74. The van der Waals surface area contributed by atoms with Gasteiger partial charge in [-0.1, -0.05) is 31.5 Å². The molecule has 1 fully saturated rings. The van der Waals surface area contributed by atoms with E-state index in [1.54, 1.807) is 18.2 Å². The number of nitrogen functional groups attached to an aromatic ring is 1. The van der Waals surface area contributed by atoms with Crippen LogP contribution in [0.1, 0.15) is 24.2 Å². The Balaban J connectivity index is 2.23. The van der Waals surface area contributed by atoms with Crippen molar-refractivity contribution in [2.75, 3.05) is 18.8 Å². The van der Waals surface area contributed by atoms with Crippen LogP contribution in [-0.2, 0) is 0 Å². The molecular formula is C13H17ClN2OS. The van der Waals surface area contributed by atoms with Gasteiger partial charge in [0.05, 0.1) is 16.3 Å². The summed E-state index contributed by atoms with van der Waals surface area (Å²) in [6.07, 6.45) is 0. The van der Waals surface area contributed by atoms with Gasteiger partial charge in [-0.05, 0) is 12.1 Å². The van der Waals surface area contributed by atoms with Crippen LogP contribution >= 0.6 is 23.4 Å². The van der Waals surface area contributed by atoms with Crippen LogP contribution in [0, 0.1) is 0 Å². The summed E-state index contributed by atoms with van der Waals surface area (Å²) >= 11 is 7.87. The Labute approximate surface area is 117 Å². The Hall–Kier alpha value is -0.870. The van der Waals surface area contributed by atoms with E-state index in [-0.39, 0.29) is 5.91 Å². The predicted molar refractivity (Wildman–Crippen MR) is 78.3 cm³/mol. The van der Waals surface area contributed by atoms with E-state index in [4.69, 9.17) is 17.3 Å². The van der Waals surface area contributed by atoms with Crippen LogP contribution in [0.25, 0.3) is 0 Å². The molecule has 0 aromatic heterocycles. The first-order chi connectivity index (χ1) is 8.49. The molecular weight excluding hydrogens is 268 g/mol. The molecule has 0 radical (unpaired) electrons. The second-order valence-electron chi connectivity index (χ2n) is 4.67. The summed E-state index contributed by atoms with van der Waals surface area (Å²) in [5, 5.41) is 1.35. The quantitative estimate of drug-likeness (QED) is 0.807. The third-order valence-corrected chi connectivity index (χ3v) is 4.55. The van der Waals surface area contributed by atoms with Gasteiger partial charge in [0.2, 0.25) is 0 Å². The van der Waals surface area contributed by atoms with Gasteiger partial charge >= 0.3 is 0 Å². The van der Waals surface area contributed by atoms with Crippen molar-refractivity contribution in [1.29, 1.82) is 0 Å². The average Bonchev–Trinajstić information content (AvgIpc) is 2.30. The van der Waals surface area contributed by atoms with Crippen molar-refractivity contribution in [1.82, 2.24) is 4.90 Å². The van der Waals surface area contributed by atoms with Crippen LogP contribution in [0.2, 0.25) is 5.02 Å². The highest BCUT2D eigenvalue weighted by atomic mass is 35.5. The molecule has 1 amide bonds. The van der Waals surface area contributed by atoms with Gasteiger partial charge in [0.15, 0.2) is 0 Å². The molecule has 1 aromatic carbocycles. The first-order valence-electron chi connectivity index (χ1n) is 5.97. The second kappa shape index (κ2) is 5.41. The number of rotatable bonds is 1. The van der Waals surface area contributed by atoms with Crippen LogP contribution in [-0.4, -0.2) is 34.4 Å². The summed E-state index contributed by atoms with van der Waals surface area (Å²) < 4.78 is 0. The lowest BCUT2D eigenvalue weighted by Crippen LogP contribution is -2.44. The Kier molecular flexibility index (Phi) is 4.07. The molecule has 1 aliphatic rings. The van der Waals surface area contributed by atoms with E-state index in [1.807, 2.05) is 16.7 Å². The van der Waals surface area contributed by atoms with E-state index in [0.717, 1.165) is 13.1 Å². The largest absolute Gasteiger partial charge is 0.397 e. The monoisotopic (exact) mass is 284 g/mol. The molecule has 2 N–H and O–H groups in total. The number of hydrogen-bond donors (Lipinski definition) is 1. The van der Waals surface area contributed by atoms with Crippen LogP contribution in [0.3, 0.4) is 0 Å². The highest BCUT2D eigenvalue weighted by molar-refractivity contribution is 8.00. The van der Waals surface area contributed by atoms with Gasteiger partial charge in [0.25, 0.3) is 5.91 Å². The molecule has 0 saturated carbocycles. The molecule has 5 heteroatoms. The van der Waals surface area contributed by atoms with E-state index in [0.29, 0.717) is 26.8 Å². The molecule has 2 rings (SSSR count). The third kappa shape index (κ3) is 2.75. The maximum atomic E-state index is 12.4. The van der Waals surface area contributed by atoms with E-state index in [9.17, 15) is 4.79 Å². The summed E-state index contributed by atoms with van der Waals surface area (Å²) in [6, 6.07) is 5.20. The minimum atomic E-state index is -0.0194. The zero-order chi connectivity index (χ0) is 13.3. The zero-order valence-electron chi connectivity index (χ0n) is 10.5. The van der Waals surface area contributed by atoms with Crippen LogP contribution in [0.5, 0.6) is 0 Å². The molecule has 2 atom stereocenters. The first-order valence-corrected chi connectivity index (χ1v) is 7.30. The molecule has 0 bridgehead atoms. The molecule has 1 aliphatic heterocycles. The van der Waals surface area contributed by atoms with Gasteiger partial charge in [-0.15, -0.1) is 0 Å². The summed E-state index contributed by atoms with van der Waals surface area (Å²) in [5.74, 6) is -0.0194. The zero-order valence-corrected chi connectivity index (χ0v) is 12.1. The number of carbonyl (C=O) groups is 1. The lowest BCUT2D eigenvalue weighted by molar-refractivity contribution is 0.0754. The third-order valence-electron chi connectivity index (χ3n) is 2.99. The molecule has 98 valence electrons. The molecule has 18 heavy (non-hydrogen) atoms. The lowest BCUT2D eigenvalue weighted by atomic mass is 10.1. The first kappa shape index (κ1) is 13.6. The summed E-state index contributed by atoms with van der Waals surface area (Å²) in [5.41, 5.74) is 6.76. The van der Waals surface area contributed by atoms with Crippen molar-refractivity contribution in [3.63, 3.8) is 0 Å². The van der Waals surface area contributed by atoms with Crippen molar-refractivity contribution < 1.29 is 4.79 Å². The molecule has 1 aromatic rings.